The summed E-state index contributed by atoms with van der Waals surface area (Å²) in [5.74, 6) is -0.358. The fourth-order valence-corrected chi connectivity index (χ4v) is 4.44. The van der Waals surface area contributed by atoms with E-state index >= 15 is 0 Å². The van der Waals surface area contributed by atoms with Crippen molar-refractivity contribution in [3.63, 3.8) is 0 Å². The SMILES string of the molecule is COC(=O)[C@H]1CC[C@]1(O[Si](C)(C)C(C)(C)C)c1ccccc1. The molecule has 3 nitrogen and oxygen atoms in total. The van der Waals surface area contributed by atoms with Crippen LogP contribution in [-0.4, -0.2) is 21.4 Å². The molecule has 1 aliphatic carbocycles. The monoisotopic (exact) mass is 320 g/mol. The van der Waals surface area contributed by atoms with E-state index in [1.54, 1.807) is 0 Å². The maximum atomic E-state index is 12.2. The standard InChI is InChI=1S/C18H28O3Si/c1-17(2,3)22(5,6)21-18(14-10-8-7-9-11-14)13-12-15(18)16(19)20-4/h7-11,15H,12-13H2,1-6H3/t15-,18+/m1/s1. The van der Waals surface area contributed by atoms with E-state index in [0.717, 1.165) is 18.4 Å². The highest BCUT2D eigenvalue weighted by atomic mass is 28.4. The number of esters is 1. The third-order valence-corrected chi connectivity index (χ3v) is 9.85. The van der Waals surface area contributed by atoms with Crippen LogP contribution in [0.5, 0.6) is 0 Å². The Morgan fingerprint density at radius 1 is 1.23 bits per heavy atom. The summed E-state index contributed by atoms with van der Waals surface area (Å²) in [6.07, 6.45) is 1.71. The van der Waals surface area contributed by atoms with E-state index < -0.39 is 13.9 Å². The number of methoxy groups -OCH3 is 1. The quantitative estimate of drug-likeness (QED) is 0.606. The lowest BCUT2D eigenvalue weighted by Crippen LogP contribution is -2.58. The summed E-state index contributed by atoms with van der Waals surface area (Å²) in [6.45, 7) is 11.2. The van der Waals surface area contributed by atoms with Gasteiger partial charge in [0.05, 0.1) is 18.6 Å². The van der Waals surface area contributed by atoms with E-state index in [0.29, 0.717) is 0 Å². The molecule has 4 heteroatoms. The van der Waals surface area contributed by atoms with E-state index in [9.17, 15) is 4.79 Å². The summed E-state index contributed by atoms with van der Waals surface area (Å²) in [6, 6.07) is 10.2. The smallest absolute Gasteiger partial charge is 0.311 e. The first kappa shape index (κ1) is 17.2. The molecule has 0 saturated heterocycles. The maximum absolute atomic E-state index is 12.2. The first-order valence-corrected chi connectivity index (χ1v) is 10.9. The van der Waals surface area contributed by atoms with Crippen molar-refractivity contribution >= 4 is 14.3 Å². The predicted molar refractivity (Wildman–Crippen MR) is 91.1 cm³/mol. The molecule has 0 bridgehead atoms. The molecule has 0 N–H and O–H groups in total. The van der Waals surface area contributed by atoms with Gasteiger partial charge in [0.25, 0.3) is 0 Å². The van der Waals surface area contributed by atoms with Gasteiger partial charge >= 0.3 is 5.97 Å². The average molecular weight is 321 g/mol. The maximum Gasteiger partial charge on any atom is 0.311 e. The van der Waals surface area contributed by atoms with Crippen LogP contribution in [0.15, 0.2) is 30.3 Å². The Hall–Kier alpha value is -1.13. The van der Waals surface area contributed by atoms with Gasteiger partial charge in [0.2, 0.25) is 0 Å². The Morgan fingerprint density at radius 2 is 1.82 bits per heavy atom. The Morgan fingerprint density at radius 3 is 2.23 bits per heavy atom. The molecule has 1 saturated carbocycles. The summed E-state index contributed by atoms with van der Waals surface area (Å²) >= 11 is 0. The van der Waals surface area contributed by atoms with Gasteiger partial charge in [-0.25, -0.2) is 0 Å². The van der Waals surface area contributed by atoms with Gasteiger partial charge in [-0.15, -0.1) is 0 Å². The highest BCUT2D eigenvalue weighted by molar-refractivity contribution is 6.74. The molecule has 0 aliphatic heterocycles. The van der Waals surface area contributed by atoms with Crippen LogP contribution >= 0.6 is 0 Å². The summed E-state index contributed by atoms with van der Waals surface area (Å²) < 4.78 is 11.8. The van der Waals surface area contributed by atoms with E-state index in [1.807, 2.05) is 18.2 Å². The predicted octanol–water partition coefficient (Wildman–Crippen LogP) is 4.49. The zero-order valence-corrected chi connectivity index (χ0v) is 15.6. The Bertz CT molecular complexity index is 533. The minimum absolute atomic E-state index is 0.102. The van der Waals surface area contributed by atoms with Crippen LogP contribution in [0.3, 0.4) is 0 Å². The van der Waals surface area contributed by atoms with Gasteiger partial charge in [-0.05, 0) is 36.5 Å². The van der Waals surface area contributed by atoms with Crippen molar-refractivity contribution < 1.29 is 14.0 Å². The largest absolute Gasteiger partial charge is 0.469 e. The summed E-state index contributed by atoms with van der Waals surface area (Å²) in [4.78, 5) is 12.2. The molecular weight excluding hydrogens is 292 g/mol. The summed E-state index contributed by atoms with van der Waals surface area (Å²) in [7, 11) is -0.540. The zero-order chi connectivity index (χ0) is 16.6. The molecule has 2 atom stereocenters. The third kappa shape index (κ3) is 2.86. The second kappa shape index (κ2) is 5.82. The number of hydrogen-bond donors (Lipinski definition) is 0. The highest BCUT2D eigenvalue weighted by Gasteiger charge is 2.57. The Kier molecular flexibility index (Phi) is 4.55. The van der Waals surface area contributed by atoms with Crippen molar-refractivity contribution in [2.45, 2.75) is 57.3 Å². The van der Waals surface area contributed by atoms with Gasteiger partial charge in [-0.1, -0.05) is 51.1 Å². The van der Waals surface area contributed by atoms with E-state index in [1.165, 1.54) is 7.11 Å². The van der Waals surface area contributed by atoms with E-state index in [4.69, 9.17) is 9.16 Å². The molecule has 0 radical (unpaired) electrons. The molecule has 0 aromatic heterocycles. The number of benzene rings is 1. The molecule has 1 aromatic rings. The first-order chi connectivity index (χ1) is 10.1. The molecule has 0 spiro atoms. The van der Waals surface area contributed by atoms with Crippen molar-refractivity contribution in [2.75, 3.05) is 7.11 Å². The molecule has 1 fully saturated rings. The summed E-state index contributed by atoms with van der Waals surface area (Å²) in [5.41, 5.74) is 0.582. The van der Waals surface area contributed by atoms with Crippen LogP contribution in [0.4, 0.5) is 0 Å². The van der Waals surface area contributed by atoms with Crippen LogP contribution in [0.2, 0.25) is 18.1 Å². The number of carbonyl (C=O) groups excluding carboxylic acids is 1. The van der Waals surface area contributed by atoms with E-state index in [2.05, 4.69) is 46.0 Å². The minimum atomic E-state index is -2.00. The van der Waals surface area contributed by atoms with Gasteiger partial charge in [0.15, 0.2) is 8.32 Å². The van der Waals surface area contributed by atoms with Gasteiger partial charge < -0.3 is 9.16 Å². The summed E-state index contributed by atoms with van der Waals surface area (Å²) in [5, 5.41) is 0.102. The second-order valence-electron chi connectivity index (χ2n) is 7.73. The van der Waals surface area contributed by atoms with Crippen LogP contribution in [0.25, 0.3) is 0 Å². The second-order valence-corrected chi connectivity index (χ2v) is 12.5. The normalized spacial score (nSPS) is 25.5. The number of rotatable bonds is 4. The van der Waals surface area contributed by atoms with Crippen molar-refractivity contribution in [1.29, 1.82) is 0 Å². The average Bonchev–Trinajstić information content (AvgIpc) is 2.43. The lowest BCUT2D eigenvalue weighted by molar-refractivity contribution is -0.169. The molecule has 1 aliphatic rings. The molecule has 122 valence electrons. The molecule has 0 amide bonds. The topological polar surface area (TPSA) is 35.5 Å². The Labute approximate surface area is 135 Å². The van der Waals surface area contributed by atoms with Crippen molar-refractivity contribution in [1.82, 2.24) is 0 Å². The van der Waals surface area contributed by atoms with Crippen LogP contribution in [0, 0.1) is 5.92 Å². The fourth-order valence-electron chi connectivity index (χ4n) is 2.86. The lowest BCUT2D eigenvalue weighted by atomic mass is 9.65. The van der Waals surface area contributed by atoms with Crippen molar-refractivity contribution in [3.05, 3.63) is 35.9 Å². The third-order valence-electron chi connectivity index (χ3n) is 5.36. The van der Waals surface area contributed by atoms with Crippen LogP contribution < -0.4 is 0 Å². The fraction of sp³-hybridized carbons (Fsp3) is 0.611. The highest BCUT2D eigenvalue weighted by Crippen LogP contribution is 2.54. The molecule has 2 rings (SSSR count). The molecule has 22 heavy (non-hydrogen) atoms. The van der Waals surface area contributed by atoms with Gasteiger partial charge in [-0.2, -0.15) is 0 Å². The Balaban J connectivity index is 2.43. The van der Waals surface area contributed by atoms with Gasteiger partial charge in [0, 0.05) is 0 Å². The molecule has 1 aromatic carbocycles. The number of hydrogen-bond acceptors (Lipinski definition) is 3. The number of carbonyl (C=O) groups is 1. The van der Waals surface area contributed by atoms with Crippen LogP contribution in [0.1, 0.15) is 39.2 Å². The van der Waals surface area contributed by atoms with Crippen LogP contribution in [-0.2, 0) is 19.6 Å². The van der Waals surface area contributed by atoms with Crippen molar-refractivity contribution in [2.24, 2.45) is 5.92 Å². The number of ether oxygens (including phenoxy) is 1. The molecule has 0 heterocycles. The molecular formula is C18H28O3Si. The van der Waals surface area contributed by atoms with Gasteiger partial charge in [0.1, 0.15) is 0 Å². The van der Waals surface area contributed by atoms with E-state index in [-0.39, 0.29) is 16.9 Å². The van der Waals surface area contributed by atoms with Gasteiger partial charge in [-0.3, -0.25) is 4.79 Å². The zero-order valence-electron chi connectivity index (χ0n) is 14.6. The minimum Gasteiger partial charge on any atom is -0.469 e. The van der Waals surface area contributed by atoms with Crippen molar-refractivity contribution in [3.8, 4) is 0 Å². The first-order valence-electron chi connectivity index (χ1n) is 7.97. The molecule has 0 unspecified atom stereocenters. The lowest BCUT2D eigenvalue weighted by Gasteiger charge is -2.54.